The molecule has 33 heavy (non-hydrogen) atoms. The van der Waals surface area contributed by atoms with E-state index in [-0.39, 0.29) is 43.0 Å². The van der Waals surface area contributed by atoms with Crippen molar-refractivity contribution in [2.75, 3.05) is 13.1 Å². The van der Waals surface area contributed by atoms with Crippen LogP contribution >= 0.6 is 0 Å². The molecule has 0 unspecified atom stereocenters. The molecule has 6 nitrogen and oxygen atoms in total. The molecule has 0 fully saturated rings. The van der Waals surface area contributed by atoms with E-state index >= 15 is 0 Å². The normalized spacial score (nSPS) is 12.0. The third-order valence-electron chi connectivity index (χ3n) is 4.47. The van der Waals surface area contributed by atoms with Crippen LogP contribution in [0.5, 0.6) is 0 Å². The number of aliphatic imine (C=N–C) groups is 1. The number of nitrogens with zero attached hydrogens (tertiary/aromatic N) is 1. The minimum atomic E-state index is -2.92. The number of nitrogens with two attached hydrogens (primary N) is 1. The van der Waals surface area contributed by atoms with Crippen LogP contribution in [0.15, 0.2) is 65.3 Å². The smallest absolute Gasteiger partial charge is 0.307 e. The van der Waals surface area contributed by atoms with Gasteiger partial charge in [-0.25, -0.2) is 13.2 Å². The average molecular weight is 461 g/mol. The van der Waals surface area contributed by atoms with Gasteiger partial charge in [-0.3, -0.25) is 14.6 Å². The van der Waals surface area contributed by atoms with Crippen molar-refractivity contribution in [2.24, 2.45) is 10.7 Å². The second-order valence-electron chi connectivity index (χ2n) is 7.03. The summed E-state index contributed by atoms with van der Waals surface area (Å²) in [6, 6.07) is 12.4. The maximum absolute atomic E-state index is 14.2. The molecule has 0 aliphatic rings. The Morgan fingerprint density at radius 2 is 1.85 bits per heavy atom. The molecule has 0 saturated carbocycles. The average Bonchev–Trinajstić information content (AvgIpc) is 2.80. The van der Waals surface area contributed by atoms with Crippen LogP contribution < -0.4 is 11.1 Å². The molecule has 2 aromatic rings. The highest BCUT2D eigenvalue weighted by Crippen LogP contribution is 2.19. The summed E-state index contributed by atoms with van der Waals surface area (Å²) in [5.74, 6) is -1.98. The van der Waals surface area contributed by atoms with E-state index in [2.05, 4.69) is 10.3 Å². The van der Waals surface area contributed by atoms with Crippen LogP contribution in [0.3, 0.4) is 0 Å². The summed E-state index contributed by atoms with van der Waals surface area (Å²) in [5, 5.41) is 2.50. The summed E-state index contributed by atoms with van der Waals surface area (Å²) in [4.78, 5) is 28.4. The summed E-state index contributed by atoms with van der Waals surface area (Å²) >= 11 is 0. The van der Waals surface area contributed by atoms with Crippen LogP contribution in [-0.4, -0.2) is 37.1 Å². The molecule has 0 aromatic heterocycles. The molecule has 3 N–H and O–H groups in total. The van der Waals surface area contributed by atoms with Gasteiger partial charge in [0.15, 0.2) is 0 Å². The highest BCUT2D eigenvalue weighted by molar-refractivity contribution is 6.14. The fraction of sp³-hybridized carbons (Fsp3) is 0.292. The summed E-state index contributed by atoms with van der Waals surface area (Å²) in [7, 11) is 0. The maximum Gasteiger partial charge on any atom is 0.307 e. The zero-order valence-electron chi connectivity index (χ0n) is 18.2. The van der Waals surface area contributed by atoms with Crippen molar-refractivity contribution < 1.29 is 27.5 Å². The van der Waals surface area contributed by atoms with Crippen LogP contribution in [0.1, 0.15) is 41.3 Å². The Morgan fingerprint density at radius 3 is 2.48 bits per heavy atom. The van der Waals surface area contributed by atoms with Crippen LogP contribution in [0.2, 0.25) is 0 Å². The first-order valence-electron chi connectivity index (χ1n) is 10.4. The monoisotopic (exact) mass is 461 g/mol. The highest BCUT2D eigenvalue weighted by Gasteiger charge is 2.21. The Hall–Kier alpha value is -3.62. The first kappa shape index (κ1) is 25.6. The number of carbonyl (C=O) groups is 2. The van der Waals surface area contributed by atoms with E-state index in [1.54, 1.807) is 0 Å². The molecule has 9 heteroatoms. The number of rotatable bonds is 11. The van der Waals surface area contributed by atoms with E-state index in [1.807, 2.05) is 37.3 Å². The molecule has 0 atom stereocenters. The van der Waals surface area contributed by atoms with Crippen LogP contribution in [-0.2, 0) is 16.1 Å². The number of alkyl halides is 2. The summed E-state index contributed by atoms with van der Waals surface area (Å²) in [6.07, 6.45) is -1.71. The van der Waals surface area contributed by atoms with Crippen molar-refractivity contribution in [3.63, 3.8) is 0 Å². The van der Waals surface area contributed by atoms with Gasteiger partial charge < -0.3 is 15.8 Å². The zero-order valence-corrected chi connectivity index (χ0v) is 18.2. The number of esters is 1. The lowest BCUT2D eigenvalue weighted by molar-refractivity contribution is -0.144. The quantitative estimate of drug-likeness (QED) is 0.391. The van der Waals surface area contributed by atoms with E-state index in [0.717, 1.165) is 23.9 Å². The molecule has 0 radical (unpaired) electrons. The van der Waals surface area contributed by atoms with E-state index in [1.165, 1.54) is 6.07 Å². The van der Waals surface area contributed by atoms with Gasteiger partial charge in [-0.1, -0.05) is 37.3 Å². The van der Waals surface area contributed by atoms with Gasteiger partial charge in [0.2, 0.25) is 0 Å². The minimum Gasteiger partial charge on any atom is -0.461 e. The third kappa shape index (κ3) is 8.10. The standard InChI is InChI=1S/C24H26F3N3O3/c1-2-9-29-22(20(14-28)23(26)27)17-11-18(13-19(25)12-17)24(32)30-10-8-21(31)33-15-16-6-4-3-5-7-16/h3-7,11-14,23H,2,8-10,15,28H2,1H3,(H,30,32). The van der Waals surface area contributed by atoms with Crippen molar-refractivity contribution in [1.29, 1.82) is 0 Å². The zero-order chi connectivity index (χ0) is 24.2. The number of amides is 1. The number of halogens is 3. The van der Waals surface area contributed by atoms with Gasteiger partial charge in [-0.15, -0.1) is 0 Å². The van der Waals surface area contributed by atoms with Crippen molar-refractivity contribution in [3.8, 4) is 0 Å². The van der Waals surface area contributed by atoms with Gasteiger partial charge in [-0.2, -0.15) is 0 Å². The fourth-order valence-corrected chi connectivity index (χ4v) is 2.88. The lowest BCUT2D eigenvalue weighted by atomic mass is 10.00. The van der Waals surface area contributed by atoms with Crippen molar-refractivity contribution in [3.05, 3.63) is 82.8 Å². The van der Waals surface area contributed by atoms with Crippen LogP contribution in [0.25, 0.3) is 0 Å². The molecular formula is C24H26F3N3O3. The summed E-state index contributed by atoms with van der Waals surface area (Å²) < 4.78 is 46.1. The van der Waals surface area contributed by atoms with Crippen LogP contribution in [0.4, 0.5) is 13.2 Å². The molecule has 0 heterocycles. The van der Waals surface area contributed by atoms with Gasteiger partial charge in [0.05, 0.1) is 17.7 Å². The number of benzene rings is 2. The number of nitrogens with one attached hydrogen (secondary N) is 1. The lowest BCUT2D eigenvalue weighted by Crippen LogP contribution is -2.27. The third-order valence-corrected chi connectivity index (χ3v) is 4.47. The highest BCUT2D eigenvalue weighted by atomic mass is 19.3. The summed E-state index contributed by atoms with van der Waals surface area (Å²) in [5.41, 5.74) is 5.35. The minimum absolute atomic E-state index is 0.00729. The lowest BCUT2D eigenvalue weighted by Gasteiger charge is -2.13. The van der Waals surface area contributed by atoms with Gasteiger partial charge in [0, 0.05) is 30.4 Å². The first-order valence-corrected chi connectivity index (χ1v) is 10.4. The topological polar surface area (TPSA) is 93.8 Å². The molecular weight excluding hydrogens is 435 g/mol. The van der Waals surface area contributed by atoms with Crippen molar-refractivity contribution in [2.45, 2.75) is 32.8 Å². The molecule has 0 saturated heterocycles. The molecule has 1 amide bonds. The SMILES string of the molecule is CCCN=C(C(=CN)C(F)F)c1cc(F)cc(C(=O)NCCC(=O)OCc2ccccc2)c1. The number of hydrogen-bond donors (Lipinski definition) is 2. The van der Waals surface area contributed by atoms with Gasteiger partial charge >= 0.3 is 5.97 Å². The number of hydrogen-bond acceptors (Lipinski definition) is 5. The van der Waals surface area contributed by atoms with E-state index < -0.39 is 29.7 Å². The molecule has 0 aliphatic carbocycles. The number of allylic oxidation sites excluding steroid dienone is 1. The fourth-order valence-electron chi connectivity index (χ4n) is 2.88. The predicted octanol–water partition coefficient (Wildman–Crippen LogP) is 4.00. The Balaban J connectivity index is 2.04. The largest absolute Gasteiger partial charge is 0.461 e. The van der Waals surface area contributed by atoms with E-state index in [9.17, 15) is 22.8 Å². The molecule has 0 spiro atoms. The summed E-state index contributed by atoms with van der Waals surface area (Å²) in [6.45, 7) is 2.11. The Kier molecular flexibility index (Phi) is 10.1. The molecule has 0 bridgehead atoms. The molecule has 2 aromatic carbocycles. The maximum atomic E-state index is 14.2. The number of ether oxygens (including phenoxy) is 1. The first-order chi connectivity index (χ1) is 15.8. The van der Waals surface area contributed by atoms with Gasteiger partial charge in [0.25, 0.3) is 12.3 Å². The van der Waals surface area contributed by atoms with Crippen LogP contribution in [0, 0.1) is 5.82 Å². The Labute approximate surface area is 190 Å². The van der Waals surface area contributed by atoms with E-state index in [0.29, 0.717) is 6.42 Å². The second kappa shape index (κ2) is 13.0. The van der Waals surface area contributed by atoms with Gasteiger partial charge in [-0.05, 0) is 30.2 Å². The molecule has 2 rings (SSSR count). The predicted molar refractivity (Wildman–Crippen MR) is 120 cm³/mol. The van der Waals surface area contributed by atoms with Crippen molar-refractivity contribution in [1.82, 2.24) is 5.32 Å². The molecule has 0 aliphatic heterocycles. The second-order valence-corrected chi connectivity index (χ2v) is 7.03. The number of carbonyl (C=O) groups excluding carboxylic acids is 2. The molecule has 176 valence electrons. The Morgan fingerprint density at radius 1 is 1.15 bits per heavy atom. The Bertz CT molecular complexity index is 1010. The van der Waals surface area contributed by atoms with Gasteiger partial charge in [0.1, 0.15) is 12.4 Å². The van der Waals surface area contributed by atoms with Crippen molar-refractivity contribution >= 4 is 17.6 Å². The van der Waals surface area contributed by atoms with E-state index in [4.69, 9.17) is 10.5 Å².